The maximum absolute atomic E-state index is 9.38. The van der Waals surface area contributed by atoms with Crippen LogP contribution in [0.3, 0.4) is 0 Å². The summed E-state index contributed by atoms with van der Waals surface area (Å²) >= 11 is 0. The molecule has 0 unspecified atom stereocenters. The van der Waals surface area contributed by atoms with Gasteiger partial charge >= 0.3 is 0 Å². The zero-order chi connectivity index (χ0) is 10.7. The lowest BCUT2D eigenvalue weighted by atomic mass is 9.93. The molecular formula is C11H19N3O. The number of hydrogen-bond donors (Lipinski definition) is 2. The lowest BCUT2D eigenvalue weighted by molar-refractivity contribution is 0.116. The molecule has 0 aromatic carbocycles. The third-order valence-electron chi connectivity index (χ3n) is 3.19. The topological polar surface area (TPSA) is 50.1 Å². The van der Waals surface area contributed by atoms with E-state index in [0.29, 0.717) is 6.04 Å². The lowest BCUT2D eigenvalue weighted by Crippen LogP contribution is -2.34. The molecule has 4 heteroatoms. The van der Waals surface area contributed by atoms with E-state index in [0.717, 1.165) is 32.2 Å². The van der Waals surface area contributed by atoms with E-state index in [4.69, 9.17) is 0 Å². The van der Waals surface area contributed by atoms with Crippen molar-refractivity contribution in [1.82, 2.24) is 15.1 Å². The molecule has 4 nitrogen and oxygen atoms in total. The molecule has 0 spiro atoms. The Morgan fingerprint density at radius 3 is 2.80 bits per heavy atom. The second-order valence-electron chi connectivity index (χ2n) is 4.33. The van der Waals surface area contributed by atoms with Gasteiger partial charge in [0.25, 0.3) is 0 Å². The van der Waals surface area contributed by atoms with Crippen molar-refractivity contribution < 1.29 is 5.11 Å². The number of nitrogens with zero attached hydrogens (tertiary/aromatic N) is 2. The normalized spacial score (nSPS) is 26.8. The van der Waals surface area contributed by atoms with Crippen LogP contribution in [0, 0.1) is 0 Å². The van der Waals surface area contributed by atoms with Gasteiger partial charge in [-0.05, 0) is 31.7 Å². The highest BCUT2D eigenvalue weighted by atomic mass is 16.3. The van der Waals surface area contributed by atoms with E-state index in [1.807, 2.05) is 24.0 Å². The van der Waals surface area contributed by atoms with Crippen molar-refractivity contribution in [2.75, 3.05) is 0 Å². The maximum atomic E-state index is 9.38. The number of aliphatic hydroxyl groups excluding tert-OH is 1. The van der Waals surface area contributed by atoms with Crippen LogP contribution in [0.25, 0.3) is 0 Å². The first-order valence-corrected chi connectivity index (χ1v) is 5.64. The number of aryl methyl sites for hydroxylation is 1. The standard InChI is InChI=1S/C11H19N3O/c1-14-10(6-7-13-14)8-12-9-2-4-11(15)5-3-9/h6-7,9,11-12,15H,2-5,8H2,1H3. The first-order valence-electron chi connectivity index (χ1n) is 5.64. The van der Waals surface area contributed by atoms with E-state index in [9.17, 15) is 5.11 Å². The predicted octanol–water partition coefficient (Wildman–Crippen LogP) is 0.813. The molecule has 1 aliphatic rings. The van der Waals surface area contributed by atoms with E-state index in [1.54, 1.807) is 0 Å². The number of aromatic nitrogens is 2. The highest BCUT2D eigenvalue weighted by molar-refractivity contribution is 4.99. The van der Waals surface area contributed by atoms with Gasteiger partial charge in [-0.25, -0.2) is 0 Å². The lowest BCUT2D eigenvalue weighted by Gasteiger charge is -2.26. The van der Waals surface area contributed by atoms with Crippen molar-refractivity contribution in [2.24, 2.45) is 7.05 Å². The molecule has 1 aromatic rings. The average molecular weight is 209 g/mol. The second kappa shape index (κ2) is 4.77. The fourth-order valence-electron chi connectivity index (χ4n) is 2.10. The molecule has 0 atom stereocenters. The summed E-state index contributed by atoms with van der Waals surface area (Å²) in [6.45, 7) is 0.872. The summed E-state index contributed by atoms with van der Waals surface area (Å²) in [4.78, 5) is 0. The van der Waals surface area contributed by atoms with Crippen LogP contribution in [0.2, 0.25) is 0 Å². The summed E-state index contributed by atoms with van der Waals surface area (Å²) in [7, 11) is 1.96. The van der Waals surface area contributed by atoms with E-state index >= 15 is 0 Å². The highest BCUT2D eigenvalue weighted by Crippen LogP contribution is 2.18. The average Bonchev–Trinajstić information content (AvgIpc) is 2.63. The molecule has 0 radical (unpaired) electrons. The highest BCUT2D eigenvalue weighted by Gasteiger charge is 2.18. The van der Waals surface area contributed by atoms with Crippen LogP contribution in [0.1, 0.15) is 31.4 Å². The van der Waals surface area contributed by atoms with Crippen molar-refractivity contribution in [1.29, 1.82) is 0 Å². The van der Waals surface area contributed by atoms with Gasteiger partial charge in [0.15, 0.2) is 0 Å². The molecule has 0 saturated heterocycles. The third-order valence-corrected chi connectivity index (χ3v) is 3.19. The Kier molecular flexibility index (Phi) is 3.38. The second-order valence-corrected chi connectivity index (χ2v) is 4.33. The zero-order valence-corrected chi connectivity index (χ0v) is 9.19. The van der Waals surface area contributed by atoms with Gasteiger partial charge in [-0.2, -0.15) is 5.10 Å². The van der Waals surface area contributed by atoms with Gasteiger partial charge in [0.2, 0.25) is 0 Å². The summed E-state index contributed by atoms with van der Waals surface area (Å²) in [5.74, 6) is 0. The molecule has 1 saturated carbocycles. The molecular weight excluding hydrogens is 190 g/mol. The van der Waals surface area contributed by atoms with Crippen molar-refractivity contribution >= 4 is 0 Å². The molecule has 0 amide bonds. The summed E-state index contributed by atoms with van der Waals surface area (Å²) in [5, 5.41) is 17.0. The Morgan fingerprint density at radius 2 is 2.20 bits per heavy atom. The Balaban J connectivity index is 1.77. The van der Waals surface area contributed by atoms with Gasteiger partial charge in [0.1, 0.15) is 0 Å². The van der Waals surface area contributed by atoms with Gasteiger partial charge in [0.05, 0.1) is 11.8 Å². The predicted molar refractivity (Wildman–Crippen MR) is 58.3 cm³/mol. The molecule has 84 valence electrons. The van der Waals surface area contributed by atoms with Crippen LogP contribution in [-0.4, -0.2) is 27.0 Å². The largest absolute Gasteiger partial charge is 0.393 e. The minimum atomic E-state index is -0.0697. The number of rotatable bonds is 3. The van der Waals surface area contributed by atoms with E-state index < -0.39 is 0 Å². The monoisotopic (exact) mass is 209 g/mol. The van der Waals surface area contributed by atoms with E-state index in [-0.39, 0.29) is 6.10 Å². The molecule has 2 rings (SSSR count). The van der Waals surface area contributed by atoms with Crippen LogP contribution < -0.4 is 5.32 Å². The molecule has 2 N–H and O–H groups in total. The van der Waals surface area contributed by atoms with Gasteiger partial charge in [-0.1, -0.05) is 0 Å². The van der Waals surface area contributed by atoms with Crippen molar-refractivity contribution in [3.05, 3.63) is 18.0 Å². The van der Waals surface area contributed by atoms with E-state index in [1.165, 1.54) is 5.69 Å². The molecule has 1 heterocycles. The van der Waals surface area contributed by atoms with E-state index in [2.05, 4.69) is 10.4 Å². The Hall–Kier alpha value is -0.870. The van der Waals surface area contributed by atoms with Crippen LogP contribution in [-0.2, 0) is 13.6 Å². The molecule has 15 heavy (non-hydrogen) atoms. The number of hydrogen-bond acceptors (Lipinski definition) is 3. The smallest absolute Gasteiger partial charge is 0.0541 e. The fourth-order valence-corrected chi connectivity index (χ4v) is 2.10. The Bertz CT molecular complexity index is 303. The first kappa shape index (κ1) is 10.6. The van der Waals surface area contributed by atoms with Crippen LogP contribution in [0.4, 0.5) is 0 Å². The molecule has 0 bridgehead atoms. The zero-order valence-electron chi connectivity index (χ0n) is 9.19. The quantitative estimate of drug-likeness (QED) is 0.774. The van der Waals surface area contributed by atoms with Gasteiger partial charge in [-0.15, -0.1) is 0 Å². The van der Waals surface area contributed by atoms with Crippen molar-refractivity contribution in [2.45, 2.75) is 44.4 Å². The summed E-state index contributed by atoms with van der Waals surface area (Å²) in [5.41, 5.74) is 1.21. The van der Waals surface area contributed by atoms with Crippen molar-refractivity contribution in [3.63, 3.8) is 0 Å². The number of nitrogens with one attached hydrogen (secondary N) is 1. The van der Waals surface area contributed by atoms with Crippen LogP contribution >= 0.6 is 0 Å². The molecule has 0 aliphatic heterocycles. The minimum absolute atomic E-state index is 0.0697. The van der Waals surface area contributed by atoms with Crippen LogP contribution in [0.15, 0.2) is 12.3 Å². The number of aliphatic hydroxyl groups is 1. The van der Waals surface area contributed by atoms with Crippen LogP contribution in [0.5, 0.6) is 0 Å². The molecule has 1 fully saturated rings. The molecule has 1 aromatic heterocycles. The maximum Gasteiger partial charge on any atom is 0.0541 e. The summed E-state index contributed by atoms with van der Waals surface area (Å²) in [6, 6.07) is 2.59. The first-order chi connectivity index (χ1) is 7.25. The van der Waals surface area contributed by atoms with Gasteiger partial charge < -0.3 is 10.4 Å². The summed E-state index contributed by atoms with van der Waals surface area (Å²) in [6.07, 6.45) is 5.78. The van der Waals surface area contributed by atoms with Gasteiger partial charge in [-0.3, -0.25) is 4.68 Å². The van der Waals surface area contributed by atoms with Crippen molar-refractivity contribution in [3.8, 4) is 0 Å². The minimum Gasteiger partial charge on any atom is -0.393 e. The SMILES string of the molecule is Cn1nccc1CNC1CCC(O)CC1. The Labute approximate surface area is 90.3 Å². The molecule has 1 aliphatic carbocycles. The Morgan fingerprint density at radius 1 is 1.47 bits per heavy atom. The summed E-state index contributed by atoms with van der Waals surface area (Å²) < 4.78 is 1.89. The van der Waals surface area contributed by atoms with Gasteiger partial charge in [0, 0.05) is 25.8 Å². The fraction of sp³-hybridized carbons (Fsp3) is 0.727. The third kappa shape index (κ3) is 2.79.